The van der Waals surface area contributed by atoms with Crippen molar-refractivity contribution in [2.45, 2.75) is 60.8 Å². The molecular formula is C23H30ClN3S. The molecule has 5 heteroatoms. The quantitative estimate of drug-likeness (QED) is 0.327. The molecule has 1 aromatic carbocycles. The third-order valence-corrected chi connectivity index (χ3v) is 5.98. The Kier molecular flexibility index (Phi) is 8.58. The molecule has 0 spiro atoms. The van der Waals surface area contributed by atoms with E-state index in [-0.39, 0.29) is 0 Å². The van der Waals surface area contributed by atoms with Crippen molar-refractivity contribution in [1.29, 1.82) is 0 Å². The number of aliphatic imine (C=N–C) groups is 1. The molecule has 0 atom stereocenters. The van der Waals surface area contributed by atoms with Gasteiger partial charge in [-0.3, -0.25) is 4.99 Å². The molecule has 2 aromatic rings. The van der Waals surface area contributed by atoms with E-state index in [1.54, 1.807) is 0 Å². The van der Waals surface area contributed by atoms with Gasteiger partial charge in [-0.15, -0.1) is 11.3 Å². The molecule has 0 amide bonds. The summed E-state index contributed by atoms with van der Waals surface area (Å²) in [6, 6.07) is 7.97. The monoisotopic (exact) mass is 415 g/mol. The van der Waals surface area contributed by atoms with Crippen LogP contribution in [0.5, 0.6) is 0 Å². The molecule has 28 heavy (non-hydrogen) atoms. The Bertz CT molecular complexity index is 885. The molecule has 0 fully saturated rings. The lowest BCUT2D eigenvalue weighted by Gasteiger charge is -2.11. The number of unbranched alkanes of at least 4 members (excludes halogenated alkanes) is 1. The van der Waals surface area contributed by atoms with Crippen molar-refractivity contribution in [3.63, 3.8) is 0 Å². The summed E-state index contributed by atoms with van der Waals surface area (Å²) in [5.74, 6) is 0. The Balaban J connectivity index is 2.53. The fourth-order valence-corrected chi connectivity index (χ4v) is 4.20. The molecule has 150 valence electrons. The summed E-state index contributed by atoms with van der Waals surface area (Å²) < 4.78 is 0. The van der Waals surface area contributed by atoms with Crippen LogP contribution in [-0.4, -0.2) is 23.7 Å². The lowest BCUT2D eigenvalue weighted by molar-refractivity contribution is 0.803. The fraction of sp³-hybridized carbons (Fsp3) is 0.435. The first-order chi connectivity index (χ1) is 13.3. The standard InChI is InChI=1S/C23H30ClN3S/c1-7-8-9-21-22(17(5)18(6)28-21)23(19-10-12-20(24)13-11-19)25-14-16(4)27-26-15(2)3/h10-13H,7-9,14H2,1-6H3/b25-23-,27-16+. The first-order valence-corrected chi connectivity index (χ1v) is 11.0. The van der Waals surface area contributed by atoms with Crippen molar-refractivity contribution in [3.05, 3.63) is 55.7 Å². The number of aryl methyl sites for hydroxylation is 2. The molecule has 3 nitrogen and oxygen atoms in total. The van der Waals surface area contributed by atoms with E-state index in [4.69, 9.17) is 16.6 Å². The topological polar surface area (TPSA) is 37.1 Å². The van der Waals surface area contributed by atoms with Gasteiger partial charge in [0, 0.05) is 31.6 Å². The van der Waals surface area contributed by atoms with Crippen LogP contribution in [0.3, 0.4) is 0 Å². The third kappa shape index (κ3) is 6.11. The van der Waals surface area contributed by atoms with Gasteiger partial charge in [-0.1, -0.05) is 37.1 Å². The SMILES string of the molecule is CCCCc1sc(C)c(C)c1/C(=N\C/C(C)=N/N=C(C)C)c1ccc(Cl)cc1. The molecule has 0 radical (unpaired) electrons. The second-order valence-corrected chi connectivity index (χ2v) is 8.98. The molecular weight excluding hydrogens is 386 g/mol. The van der Waals surface area contributed by atoms with Gasteiger partial charge in [0.1, 0.15) is 0 Å². The zero-order valence-electron chi connectivity index (χ0n) is 17.8. The smallest absolute Gasteiger partial charge is 0.0795 e. The van der Waals surface area contributed by atoms with Gasteiger partial charge in [0.25, 0.3) is 0 Å². The van der Waals surface area contributed by atoms with Gasteiger partial charge in [0.15, 0.2) is 0 Å². The molecule has 0 unspecified atom stereocenters. The number of rotatable bonds is 8. The van der Waals surface area contributed by atoms with Gasteiger partial charge >= 0.3 is 0 Å². The normalized spacial score (nSPS) is 12.4. The molecule has 1 aromatic heterocycles. The summed E-state index contributed by atoms with van der Waals surface area (Å²) in [5.41, 5.74) is 6.55. The summed E-state index contributed by atoms with van der Waals surface area (Å²) in [4.78, 5) is 7.77. The zero-order valence-corrected chi connectivity index (χ0v) is 19.3. The van der Waals surface area contributed by atoms with Crippen LogP contribution in [0.15, 0.2) is 39.5 Å². The van der Waals surface area contributed by atoms with Crippen molar-refractivity contribution in [2.24, 2.45) is 15.2 Å². The predicted molar refractivity (Wildman–Crippen MR) is 126 cm³/mol. The highest BCUT2D eigenvalue weighted by molar-refractivity contribution is 7.12. The summed E-state index contributed by atoms with van der Waals surface area (Å²) >= 11 is 8.02. The van der Waals surface area contributed by atoms with Gasteiger partial charge in [-0.2, -0.15) is 10.2 Å². The molecule has 0 aliphatic heterocycles. The van der Waals surface area contributed by atoms with Crippen LogP contribution < -0.4 is 0 Å². The maximum absolute atomic E-state index is 6.12. The molecule has 1 heterocycles. The molecule has 2 rings (SSSR count). The molecule has 0 saturated heterocycles. The molecule has 0 bridgehead atoms. The minimum Gasteiger partial charge on any atom is -0.278 e. The predicted octanol–water partition coefficient (Wildman–Crippen LogP) is 7.06. The highest BCUT2D eigenvalue weighted by Gasteiger charge is 2.19. The van der Waals surface area contributed by atoms with E-state index >= 15 is 0 Å². The lowest BCUT2D eigenvalue weighted by atomic mass is 9.96. The van der Waals surface area contributed by atoms with Crippen LogP contribution in [0, 0.1) is 13.8 Å². The van der Waals surface area contributed by atoms with Crippen LogP contribution in [-0.2, 0) is 6.42 Å². The van der Waals surface area contributed by atoms with Crippen molar-refractivity contribution in [1.82, 2.24) is 0 Å². The Morgan fingerprint density at radius 1 is 1.04 bits per heavy atom. The third-order valence-electron chi connectivity index (χ3n) is 4.46. The van der Waals surface area contributed by atoms with Gasteiger partial charge in [0.05, 0.1) is 18.0 Å². The van der Waals surface area contributed by atoms with E-state index in [1.807, 2.05) is 44.2 Å². The van der Waals surface area contributed by atoms with Crippen LogP contribution in [0.2, 0.25) is 5.02 Å². The highest BCUT2D eigenvalue weighted by Crippen LogP contribution is 2.31. The van der Waals surface area contributed by atoms with Crippen molar-refractivity contribution in [3.8, 4) is 0 Å². The summed E-state index contributed by atoms with van der Waals surface area (Å²) in [6.45, 7) is 13.0. The van der Waals surface area contributed by atoms with E-state index in [1.165, 1.54) is 33.7 Å². The number of nitrogens with zero attached hydrogens (tertiary/aromatic N) is 3. The minimum absolute atomic E-state index is 0.524. The van der Waals surface area contributed by atoms with Gasteiger partial charge in [0.2, 0.25) is 0 Å². The summed E-state index contributed by atoms with van der Waals surface area (Å²) in [6.07, 6.45) is 3.46. The minimum atomic E-state index is 0.524. The number of thiophene rings is 1. The Labute approximate surface area is 178 Å². The van der Waals surface area contributed by atoms with E-state index in [9.17, 15) is 0 Å². The number of benzene rings is 1. The molecule has 0 saturated carbocycles. The maximum Gasteiger partial charge on any atom is 0.0795 e. The second kappa shape index (κ2) is 10.7. The first kappa shape index (κ1) is 22.5. The van der Waals surface area contributed by atoms with Gasteiger partial charge in [-0.05, 0) is 65.2 Å². The second-order valence-electron chi connectivity index (χ2n) is 7.24. The maximum atomic E-state index is 6.12. The fourth-order valence-electron chi connectivity index (χ4n) is 2.85. The zero-order chi connectivity index (χ0) is 20.7. The van der Waals surface area contributed by atoms with Gasteiger partial charge in [-0.25, -0.2) is 0 Å². The van der Waals surface area contributed by atoms with E-state index in [2.05, 4.69) is 43.1 Å². The van der Waals surface area contributed by atoms with E-state index < -0.39 is 0 Å². The Hall–Kier alpha value is -1.78. The Morgan fingerprint density at radius 3 is 2.32 bits per heavy atom. The average molecular weight is 416 g/mol. The van der Waals surface area contributed by atoms with Crippen LogP contribution >= 0.6 is 22.9 Å². The number of hydrogen-bond donors (Lipinski definition) is 0. The molecule has 0 N–H and O–H groups in total. The van der Waals surface area contributed by atoms with Gasteiger partial charge < -0.3 is 0 Å². The molecule has 0 aliphatic carbocycles. The van der Waals surface area contributed by atoms with Crippen molar-refractivity contribution < 1.29 is 0 Å². The summed E-state index contributed by atoms with van der Waals surface area (Å²) in [7, 11) is 0. The lowest BCUT2D eigenvalue weighted by Crippen LogP contribution is -2.10. The summed E-state index contributed by atoms with van der Waals surface area (Å²) in [5, 5.41) is 9.17. The highest BCUT2D eigenvalue weighted by atomic mass is 35.5. The van der Waals surface area contributed by atoms with E-state index in [0.29, 0.717) is 6.54 Å². The van der Waals surface area contributed by atoms with Crippen LogP contribution in [0.4, 0.5) is 0 Å². The van der Waals surface area contributed by atoms with E-state index in [0.717, 1.165) is 34.1 Å². The number of halogens is 1. The first-order valence-electron chi connectivity index (χ1n) is 9.77. The van der Waals surface area contributed by atoms with Crippen LogP contribution in [0.1, 0.15) is 67.0 Å². The Morgan fingerprint density at radius 2 is 1.71 bits per heavy atom. The van der Waals surface area contributed by atoms with Crippen molar-refractivity contribution >= 4 is 40.1 Å². The molecule has 0 aliphatic rings. The average Bonchev–Trinajstić information content (AvgIpc) is 2.94. The largest absolute Gasteiger partial charge is 0.278 e. The van der Waals surface area contributed by atoms with Crippen LogP contribution in [0.25, 0.3) is 0 Å². The number of hydrogen-bond acceptors (Lipinski definition) is 4. The van der Waals surface area contributed by atoms with Crippen molar-refractivity contribution in [2.75, 3.05) is 6.54 Å².